The highest BCUT2D eigenvalue weighted by molar-refractivity contribution is 7.92. The van der Waals surface area contributed by atoms with Crippen molar-refractivity contribution in [2.24, 2.45) is 0 Å². The summed E-state index contributed by atoms with van der Waals surface area (Å²) < 4.78 is 55.0. The fraction of sp³-hybridized carbons (Fsp3) is 0.111. The van der Waals surface area contributed by atoms with Gasteiger partial charge in [-0.1, -0.05) is 12.1 Å². The lowest BCUT2D eigenvalue weighted by Gasteiger charge is -2.03. The lowest BCUT2D eigenvalue weighted by atomic mass is 10.2. The first-order valence-electron chi connectivity index (χ1n) is 4.37. The standard InChI is InChI=1S/C9H11NO5S2/c1-16(11,12)10-9-4-2-8(3-5-9)6-7-17(13,14)15/h2-7,10H,1H3,(H,13,14,15)/p-1/b7-6+. The Balaban J connectivity index is 2.86. The van der Waals surface area contributed by atoms with Crippen LogP contribution in [0, 0.1) is 0 Å². The lowest BCUT2D eigenvalue weighted by Crippen LogP contribution is -2.09. The Bertz CT molecular complexity index is 614. The van der Waals surface area contributed by atoms with E-state index in [1.165, 1.54) is 24.3 Å². The van der Waals surface area contributed by atoms with Crippen LogP contribution < -0.4 is 4.72 Å². The highest BCUT2D eigenvalue weighted by Crippen LogP contribution is 2.12. The number of hydrogen-bond acceptors (Lipinski definition) is 5. The third-order valence-electron chi connectivity index (χ3n) is 1.64. The van der Waals surface area contributed by atoms with Crippen LogP contribution in [0.15, 0.2) is 29.7 Å². The van der Waals surface area contributed by atoms with Gasteiger partial charge in [-0.25, -0.2) is 16.8 Å². The van der Waals surface area contributed by atoms with E-state index in [0.717, 1.165) is 12.3 Å². The van der Waals surface area contributed by atoms with Gasteiger partial charge in [0.05, 0.1) is 6.26 Å². The zero-order chi connectivity index (χ0) is 13.1. The van der Waals surface area contributed by atoms with Gasteiger partial charge in [-0.05, 0) is 23.8 Å². The summed E-state index contributed by atoms with van der Waals surface area (Å²) in [6.45, 7) is 0. The first-order valence-corrected chi connectivity index (χ1v) is 7.74. The van der Waals surface area contributed by atoms with Crippen LogP contribution in [0.1, 0.15) is 5.56 Å². The Morgan fingerprint density at radius 1 is 1.12 bits per heavy atom. The van der Waals surface area contributed by atoms with Crippen LogP contribution in [0.5, 0.6) is 0 Å². The number of rotatable bonds is 4. The normalized spacial score (nSPS) is 12.8. The minimum Gasteiger partial charge on any atom is -0.744 e. The first-order chi connectivity index (χ1) is 7.66. The van der Waals surface area contributed by atoms with E-state index in [1.54, 1.807) is 0 Å². The average Bonchev–Trinajstić information content (AvgIpc) is 2.13. The molecule has 0 radical (unpaired) electrons. The third kappa shape index (κ3) is 6.05. The van der Waals surface area contributed by atoms with Crippen molar-refractivity contribution in [1.29, 1.82) is 0 Å². The van der Waals surface area contributed by atoms with Gasteiger partial charge in [0.1, 0.15) is 10.1 Å². The molecule has 0 amide bonds. The molecule has 8 heteroatoms. The van der Waals surface area contributed by atoms with Gasteiger partial charge in [0, 0.05) is 11.1 Å². The highest BCUT2D eigenvalue weighted by Gasteiger charge is 2.00. The molecule has 1 aromatic carbocycles. The molecule has 0 saturated heterocycles. The van der Waals surface area contributed by atoms with Crippen LogP contribution in [-0.2, 0) is 20.1 Å². The molecule has 0 aliphatic carbocycles. The quantitative estimate of drug-likeness (QED) is 0.810. The Kier molecular flexibility index (Phi) is 3.91. The van der Waals surface area contributed by atoms with Crippen molar-refractivity contribution in [2.45, 2.75) is 0 Å². The van der Waals surface area contributed by atoms with Gasteiger partial charge in [-0.3, -0.25) is 4.72 Å². The first kappa shape index (κ1) is 13.7. The van der Waals surface area contributed by atoms with Crippen molar-refractivity contribution in [3.8, 4) is 0 Å². The van der Waals surface area contributed by atoms with Crippen molar-refractivity contribution >= 4 is 31.9 Å². The fourth-order valence-corrected chi connectivity index (χ4v) is 1.93. The second-order valence-electron chi connectivity index (χ2n) is 3.29. The number of anilines is 1. The molecule has 1 aromatic rings. The van der Waals surface area contributed by atoms with Gasteiger partial charge < -0.3 is 4.55 Å². The molecule has 6 nitrogen and oxygen atoms in total. The molecule has 0 bridgehead atoms. The molecular formula is C9H10NO5S2-. The molecule has 0 heterocycles. The highest BCUT2D eigenvalue weighted by atomic mass is 32.2. The molecule has 0 aliphatic rings. The maximum Gasteiger partial charge on any atom is 0.229 e. The Labute approximate surface area is 99.8 Å². The molecule has 0 saturated carbocycles. The van der Waals surface area contributed by atoms with Gasteiger partial charge in [0.25, 0.3) is 0 Å². The van der Waals surface area contributed by atoms with E-state index in [0.29, 0.717) is 16.7 Å². The minimum absolute atomic E-state index is 0.356. The molecule has 0 fully saturated rings. The van der Waals surface area contributed by atoms with Crippen LogP contribution in [0.2, 0.25) is 0 Å². The fourth-order valence-electron chi connectivity index (χ4n) is 1.04. The number of benzene rings is 1. The van der Waals surface area contributed by atoms with E-state index in [1.807, 2.05) is 0 Å². The molecule has 1 rings (SSSR count). The zero-order valence-electron chi connectivity index (χ0n) is 8.82. The van der Waals surface area contributed by atoms with Crippen molar-refractivity contribution in [1.82, 2.24) is 0 Å². The van der Waals surface area contributed by atoms with Crippen LogP contribution in [0.3, 0.4) is 0 Å². The van der Waals surface area contributed by atoms with E-state index >= 15 is 0 Å². The molecule has 0 spiro atoms. The molecule has 0 unspecified atom stereocenters. The number of nitrogens with one attached hydrogen (secondary N) is 1. The van der Waals surface area contributed by atoms with E-state index in [-0.39, 0.29) is 0 Å². The summed E-state index contributed by atoms with van der Waals surface area (Å²) in [6.07, 6.45) is 2.15. The summed E-state index contributed by atoms with van der Waals surface area (Å²) in [6, 6.07) is 5.88. The average molecular weight is 276 g/mol. The molecule has 0 atom stereocenters. The Hall–Kier alpha value is -1.38. The Morgan fingerprint density at radius 3 is 2.06 bits per heavy atom. The van der Waals surface area contributed by atoms with Crippen molar-refractivity contribution in [3.63, 3.8) is 0 Å². The Morgan fingerprint density at radius 2 is 1.65 bits per heavy atom. The monoisotopic (exact) mass is 276 g/mol. The number of sulfonamides is 1. The largest absolute Gasteiger partial charge is 0.744 e. The molecule has 1 N–H and O–H groups in total. The smallest absolute Gasteiger partial charge is 0.229 e. The van der Waals surface area contributed by atoms with Crippen molar-refractivity contribution in [2.75, 3.05) is 11.0 Å². The second kappa shape index (κ2) is 4.86. The molecular weight excluding hydrogens is 266 g/mol. The maximum absolute atomic E-state index is 10.9. The van der Waals surface area contributed by atoms with Crippen molar-refractivity contribution in [3.05, 3.63) is 35.2 Å². The van der Waals surface area contributed by atoms with Gasteiger partial charge >= 0.3 is 0 Å². The van der Waals surface area contributed by atoms with Crippen molar-refractivity contribution < 1.29 is 21.4 Å². The summed E-state index contributed by atoms with van der Waals surface area (Å²) in [5.74, 6) is 0. The van der Waals surface area contributed by atoms with E-state index in [2.05, 4.69) is 4.72 Å². The molecule has 0 aromatic heterocycles. The van der Waals surface area contributed by atoms with E-state index in [4.69, 9.17) is 0 Å². The van der Waals surface area contributed by atoms with Crippen LogP contribution in [-0.4, -0.2) is 27.6 Å². The summed E-state index contributed by atoms with van der Waals surface area (Å²) >= 11 is 0. The SMILES string of the molecule is CS(=O)(=O)Nc1ccc(/C=C/S(=O)(=O)[O-])cc1. The summed E-state index contributed by atoms with van der Waals surface area (Å²) in [5, 5.41) is 0.534. The van der Waals surface area contributed by atoms with Gasteiger partial charge in [0.15, 0.2) is 0 Å². The zero-order valence-corrected chi connectivity index (χ0v) is 10.5. The van der Waals surface area contributed by atoms with Crippen LogP contribution in [0.25, 0.3) is 6.08 Å². The summed E-state index contributed by atoms with van der Waals surface area (Å²) in [5.41, 5.74) is 0.832. The summed E-state index contributed by atoms with van der Waals surface area (Å²) in [7, 11) is -7.74. The topological polar surface area (TPSA) is 103 Å². The molecule has 94 valence electrons. The predicted molar refractivity (Wildman–Crippen MR) is 63.6 cm³/mol. The van der Waals surface area contributed by atoms with E-state index in [9.17, 15) is 21.4 Å². The number of hydrogen-bond donors (Lipinski definition) is 1. The van der Waals surface area contributed by atoms with Crippen LogP contribution in [0.4, 0.5) is 5.69 Å². The molecule has 0 aliphatic heterocycles. The predicted octanol–water partition coefficient (Wildman–Crippen LogP) is 0.574. The molecule has 17 heavy (non-hydrogen) atoms. The minimum atomic E-state index is -4.40. The van der Waals surface area contributed by atoms with Gasteiger partial charge in [-0.15, -0.1) is 0 Å². The third-order valence-corrected chi connectivity index (χ3v) is 2.72. The van der Waals surface area contributed by atoms with Gasteiger partial charge in [0.2, 0.25) is 10.0 Å². The lowest BCUT2D eigenvalue weighted by molar-refractivity contribution is 0.474. The maximum atomic E-state index is 10.9. The second-order valence-corrected chi connectivity index (χ2v) is 6.30. The van der Waals surface area contributed by atoms with Gasteiger partial charge in [-0.2, -0.15) is 0 Å². The van der Waals surface area contributed by atoms with E-state index < -0.39 is 20.1 Å². The summed E-state index contributed by atoms with van der Waals surface area (Å²) in [4.78, 5) is 0. The van der Waals surface area contributed by atoms with Crippen LogP contribution >= 0.6 is 0 Å².